The molecule has 0 bridgehead atoms. The lowest BCUT2D eigenvalue weighted by Gasteiger charge is -2.35. The maximum atomic E-state index is 11.8. The van der Waals surface area contributed by atoms with Gasteiger partial charge in [0.15, 0.2) is 0 Å². The maximum Gasteiger partial charge on any atom is 0.228 e. The van der Waals surface area contributed by atoms with Gasteiger partial charge < -0.3 is 14.4 Å². The minimum atomic E-state index is -0.347. The first-order valence-corrected chi connectivity index (χ1v) is 5.61. The van der Waals surface area contributed by atoms with Crippen molar-refractivity contribution >= 4 is 11.6 Å². The van der Waals surface area contributed by atoms with Gasteiger partial charge in [-0.1, -0.05) is 6.07 Å². The Morgan fingerprint density at radius 3 is 3.00 bits per heavy atom. The van der Waals surface area contributed by atoms with Crippen LogP contribution in [-0.2, 0) is 11.2 Å². The second-order valence-corrected chi connectivity index (χ2v) is 4.33. The van der Waals surface area contributed by atoms with Crippen molar-refractivity contribution in [2.75, 3.05) is 13.1 Å². The van der Waals surface area contributed by atoms with Gasteiger partial charge in [-0.05, 0) is 12.1 Å². The molecule has 88 valence electrons. The van der Waals surface area contributed by atoms with E-state index in [2.05, 4.69) is 4.98 Å². The normalized spacial score (nSPS) is 16.2. The van der Waals surface area contributed by atoms with E-state index in [1.165, 1.54) is 0 Å². The van der Waals surface area contributed by atoms with Gasteiger partial charge in [0.25, 0.3) is 0 Å². The van der Waals surface area contributed by atoms with Crippen LogP contribution in [0.25, 0.3) is 5.65 Å². The van der Waals surface area contributed by atoms with E-state index >= 15 is 0 Å². The van der Waals surface area contributed by atoms with Crippen LogP contribution in [0.5, 0.6) is 0 Å². The highest BCUT2D eigenvalue weighted by Gasteiger charge is 2.28. The van der Waals surface area contributed by atoms with E-state index in [0.29, 0.717) is 19.5 Å². The number of carbonyl (C=O) groups excluding carboxylic acids is 1. The fraction of sp³-hybridized carbons (Fsp3) is 0.333. The highest BCUT2D eigenvalue weighted by atomic mass is 16.3. The number of imidazole rings is 1. The summed E-state index contributed by atoms with van der Waals surface area (Å²) in [5.41, 5.74) is 1.61. The Hall–Kier alpha value is -1.88. The van der Waals surface area contributed by atoms with E-state index in [-0.39, 0.29) is 12.0 Å². The Bertz CT molecular complexity index is 525. The molecule has 0 radical (unpaired) electrons. The summed E-state index contributed by atoms with van der Waals surface area (Å²) < 4.78 is 1.90. The topological polar surface area (TPSA) is 57.8 Å². The van der Waals surface area contributed by atoms with Gasteiger partial charge in [-0.3, -0.25) is 4.79 Å². The van der Waals surface area contributed by atoms with Crippen LogP contribution in [0.4, 0.5) is 0 Å². The van der Waals surface area contributed by atoms with E-state index in [1.54, 1.807) is 4.90 Å². The highest BCUT2D eigenvalue weighted by molar-refractivity contribution is 5.79. The maximum absolute atomic E-state index is 11.8. The van der Waals surface area contributed by atoms with Crippen molar-refractivity contribution in [1.82, 2.24) is 14.3 Å². The second-order valence-electron chi connectivity index (χ2n) is 4.33. The van der Waals surface area contributed by atoms with Crippen LogP contribution in [0.2, 0.25) is 0 Å². The van der Waals surface area contributed by atoms with E-state index in [4.69, 9.17) is 5.11 Å². The summed E-state index contributed by atoms with van der Waals surface area (Å²) in [4.78, 5) is 17.8. The molecule has 0 saturated carbocycles. The van der Waals surface area contributed by atoms with Crippen LogP contribution in [0, 0.1) is 0 Å². The summed E-state index contributed by atoms with van der Waals surface area (Å²) in [6.45, 7) is 0.901. The zero-order chi connectivity index (χ0) is 11.8. The molecular formula is C12H13N3O2. The number of rotatable bonds is 2. The summed E-state index contributed by atoms with van der Waals surface area (Å²) in [5.74, 6) is 0.0266. The number of hydrogen-bond donors (Lipinski definition) is 1. The van der Waals surface area contributed by atoms with E-state index in [0.717, 1.165) is 11.3 Å². The zero-order valence-corrected chi connectivity index (χ0v) is 9.28. The number of amides is 1. The monoisotopic (exact) mass is 231 g/mol. The summed E-state index contributed by atoms with van der Waals surface area (Å²) in [5, 5.41) is 9.13. The standard InChI is InChI=1S/C12H13N3O2/c16-10-7-15(8-10)12(17)5-9-6-14-4-2-1-3-11(14)13-9/h1-4,6,10,16H,5,7-8H2. The first-order valence-electron chi connectivity index (χ1n) is 5.61. The van der Waals surface area contributed by atoms with Crippen LogP contribution in [-0.4, -0.2) is 44.5 Å². The van der Waals surface area contributed by atoms with Gasteiger partial charge in [-0.25, -0.2) is 4.98 Å². The number of carbonyl (C=O) groups is 1. The van der Waals surface area contributed by atoms with Gasteiger partial charge in [0.05, 0.1) is 18.2 Å². The first-order chi connectivity index (χ1) is 8.22. The zero-order valence-electron chi connectivity index (χ0n) is 9.28. The largest absolute Gasteiger partial charge is 0.389 e. The summed E-state index contributed by atoms with van der Waals surface area (Å²) in [7, 11) is 0. The molecule has 1 N–H and O–H groups in total. The van der Waals surface area contributed by atoms with Crippen LogP contribution in [0.15, 0.2) is 30.6 Å². The van der Waals surface area contributed by atoms with Crippen LogP contribution in [0.3, 0.4) is 0 Å². The summed E-state index contributed by atoms with van der Waals surface area (Å²) in [6.07, 6.45) is 3.72. The third-order valence-electron chi connectivity index (χ3n) is 2.96. The Morgan fingerprint density at radius 2 is 2.29 bits per heavy atom. The average molecular weight is 231 g/mol. The molecule has 3 heterocycles. The Balaban J connectivity index is 1.74. The van der Waals surface area contributed by atoms with Gasteiger partial charge in [0.2, 0.25) is 5.91 Å². The third kappa shape index (κ3) is 1.89. The lowest BCUT2D eigenvalue weighted by atomic mass is 10.1. The first kappa shape index (κ1) is 10.3. The average Bonchev–Trinajstić information content (AvgIpc) is 2.66. The lowest BCUT2D eigenvalue weighted by Crippen LogP contribution is -2.53. The molecule has 3 rings (SSSR count). The molecule has 17 heavy (non-hydrogen) atoms. The minimum absolute atomic E-state index is 0.0266. The molecule has 0 unspecified atom stereocenters. The molecule has 2 aromatic heterocycles. The number of pyridine rings is 1. The van der Waals surface area contributed by atoms with Crippen LogP contribution >= 0.6 is 0 Å². The molecule has 1 aliphatic rings. The molecule has 5 nitrogen and oxygen atoms in total. The molecule has 1 fully saturated rings. The molecule has 0 spiro atoms. The fourth-order valence-corrected chi connectivity index (χ4v) is 2.00. The number of aliphatic hydroxyl groups excluding tert-OH is 1. The fourth-order valence-electron chi connectivity index (χ4n) is 2.00. The number of β-amino-alcohol motifs (C(OH)–C–C–N with tert-alkyl or cyclic N) is 1. The van der Waals surface area contributed by atoms with Crippen molar-refractivity contribution in [3.63, 3.8) is 0 Å². The molecule has 1 amide bonds. The molecule has 0 atom stereocenters. The van der Waals surface area contributed by atoms with Gasteiger partial charge in [0.1, 0.15) is 5.65 Å². The molecule has 2 aromatic rings. The second kappa shape index (κ2) is 3.85. The number of aromatic nitrogens is 2. The van der Waals surface area contributed by atoms with E-state index < -0.39 is 0 Å². The Morgan fingerprint density at radius 1 is 1.47 bits per heavy atom. The number of likely N-dealkylation sites (tertiary alicyclic amines) is 1. The summed E-state index contributed by atoms with van der Waals surface area (Å²) >= 11 is 0. The van der Waals surface area contributed by atoms with E-state index in [9.17, 15) is 4.79 Å². The quantitative estimate of drug-likeness (QED) is 0.796. The Kier molecular flexibility index (Phi) is 2.33. The molecule has 0 aromatic carbocycles. The highest BCUT2D eigenvalue weighted by Crippen LogP contribution is 2.11. The number of hydrogen-bond acceptors (Lipinski definition) is 3. The van der Waals surface area contributed by atoms with Crippen molar-refractivity contribution < 1.29 is 9.90 Å². The van der Waals surface area contributed by atoms with Crippen molar-refractivity contribution in [3.05, 3.63) is 36.3 Å². The van der Waals surface area contributed by atoms with Crippen molar-refractivity contribution in [2.45, 2.75) is 12.5 Å². The SMILES string of the molecule is O=C(Cc1cn2ccccc2n1)N1CC(O)C1. The predicted octanol–water partition coefficient (Wildman–Crippen LogP) is 0.0799. The van der Waals surface area contributed by atoms with Crippen molar-refractivity contribution in [1.29, 1.82) is 0 Å². The third-order valence-corrected chi connectivity index (χ3v) is 2.96. The van der Waals surface area contributed by atoms with Gasteiger partial charge in [0, 0.05) is 25.5 Å². The van der Waals surface area contributed by atoms with Crippen molar-refractivity contribution in [3.8, 4) is 0 Å². The van der Waals surface area contributed by atoms with Crippen LogP contribution in [0.1, 0.15) is 5.69 Å². The number of nitrogens with zero attached hydrogens (tertiary/aromatic N) is 3. The number of fused-ring (bicyclic) bond motifs is 1. The lowest BCUT2D eigenvalue weighted by molar-refractivity contribution is -0.140. The Labute approximate surface area is 98.3 Å². The molecular weight excluding hydrogens is 218 g/mol. The predicted molar refractivity (Wildman–Crippen MR) is 61.5 cm³/mol. The molecule has 0 aliphatic carbocycles. The minimum Gasteiger partial charge on any atom is -0.389 e. The van der Waals surface area contributed by atoms with E-state index in [1.807, 2.05) is 35.0 Å². The smallest absolute Gasteiger partial charge is 0.228 e. The molecule has 1 aliphatic heterocycles. The summed E-state index contributed by atoms with van der Waals surface area (Å²) in [6, 6.07) is 5.74. The molecule has 1 saturated heterocycles. The number of aliphatic hydroxyl groups is 1. The van der Waals surface area contributed by atoms with Gasteiger partial charge in [-0.2, -0.15) is 0 Å². The van der Waals surface area contributed by atoms with Gasteiger partial charge in [-0.15, -0.1) is 0 Å². The van der Waals surface area contributed by atoms with Gasteiger partial charge >= 0.3 is 0 Å². The van der Waals surface area contributed by atoms with Crippen LogP contribution < -0.4 is 0 Å². The molecule has 5 heteroatoms. The van der Waals surface area contributed by atoms with Crippen molar-refractivity contribution in [2.24, 2.45) is 0 Å².